The Kier molecular flexibility index (Phi) is 14.8. The summed E-state index contributed by atoms with van der Waals surface area (Å²) in [6, 6.07) is 15.8. The molecule has 1 atom stereocenters. The van der Waals surface area contributed by atoms with E-state index in [0.717, 1.165) is 47.6 Å². The Morgan fingerprint density at radius 2 is 1.20 bits per heavy atom. The topological polar surface area (TPSA) is 70.5 Å². The highest BCUT2D eigenvalue weighted by molar-refractivity contribution is 5.69. The molecule has 222 valence electrons. The van der Waals surface area contributed by atoms with E-state index in [9.17, 15) is 4.79 Å². The van der Waals surface area contributed by atoms with Crippen LogP contribution in [-0.4, -0.2) is 35.3 Å². The molecule has 1 unspecified atom stereocenters. The molecule has 41 heavy (non-hydrogen) atoms. The molecule has 1 heterocycles. The predicted octanol–water partition coefficient (Wildman–Crippen LogP) is 9.22. The van der Waals surface area contributed by atoms with E-state index in [2.05, 4.69) is 16.9 Å². The van der Waals surface area contributed by atoms with Crippen LogP contribution in [0.3, 0.4) is 0 Å². The van der Waals surface area contributed by atoms with Crippen molar-refractivity contribution in [2.45, 2.75) is 104 Å². The van der Waals surface area contributed by atoms with Crippen molar-refractivity contribution in [3.63, 3.8) is 0 Å². The van der Waals surface area contributed by atoms with Crippen molar-refractivity contribution in [2.75, 3.05) is 13.2 Å². The van der Waals surface area contributed by atoms with Crippen molar-refractivity contribution in [1.29, 1.82) is 0 Å². The minimum absolute atomic E-state index is 0.189. The molecule has 0 saturated carbocycles. The van der Waals surface area contributed by atoms with Crippen LogP contribution in [0.1, 0.15) is 97.8 Å². The van der Waals surface area contributed by atoms with E-state index in [1.807, 2.05) is 74.8 Å². The zero-order valence-electron chi connectivity index (χ0n) is 25.3. The fourth-order valence-corrected chi connectivity index (χ4v) is 4.58. The van der Waals surface area contributed by atoms with Crippen molar-refractivity contribution in [3.05, 3.63) is 60.9 Å². The summed E-state index contributed by atoms with van der Waals surface area (Å²) in [6.07, 6.45) is 17.8. The monoisotopic (exact) mass is 560 g/mol. The van der Waals surface area contributed by atoms with Gasteiger partial charge in [0.2, 0.25) is 0 Å². The first kappa shape index (κ1) is 32.1. The third-order valence-corrected chi connectivity index (χ3v) is 6.99. The zero-order chi connectivity index (χ0) is 29.1. The number of benzene rings is 2. The van der Waals surface area contributed by atoms with E-state index in [0.29, 0.717) is 18.9 Å². The van der Waals surface area contributed by atoms with Gasteiger partial charge in [0.05, 0.1) is 6.61 Å². The summed E-state index contributed by atoms with van der Waals surface area (Å²) >= 11 is 0. The standard InChI is InChI=1S/C35H48N2O4/c1-4-6-7-8-9-10-11-12-13-14-24-39-32-22-18-30(19-23-32)35-36-25-31(26-37-35)29-16-20-33(21-17-29)40-27-28(3)41-34(38)15-5-2/h16-23,25-26,28H,4-15,24,27H2,1-3H3. The summed E-state index contributed by atoms with van der Waals surface area (Å²) in [5.74, 6) is 2.10. The number of nitrogens with zero attached hydrogens (tertiary/aromatic N) is 2. The highest BCUT2D eigenvalue weighted by atomic mass is 16.6. The van der Waals surface area contributed by atoms with Gasteiger partial charge in [-0.1, -0.05) is 83.8 Å². The molecule has 2 aromatic carbocycles. The summed E-state index contributed by atoms with van der Waals surface area (Å²) in [5.41, 5.74) is 2.89. The molecule has 0 N–H and O–H groups in total. The van der Waals surface area contributed by atoms with Crippen LogP contribution in [0.15, 0.2) is 60.9 Å². The summed E-state index contributed by atoms with van der Waals surface area (Å²) in [7, 11) is 0. The van der Waals surface area contributed by atoms with E-state index in [4.69, 9.17) is 14.2 Å². The quantitative estimate of drug-likeness (QED) is 0.101. The molecule has 6 nitrogen and oxygen atoms in total. The molecule has 0 radical (unpaired) electrons. The van der Waals surface area contributed by atoms with Gasteiger partial charge in [0, 0.05) is 29.9 Å². The summed E-state index contributed by atoms with van der Waals surface area (Å²) in [5, 5.41) is 0. The lowest BCUT2D eigenvalue weighted by Gasteiger charge is -2.14. The second-order valence-corrected chi connectivity index (χ2v) is 10.7. The second-order valence-electron chi connectivity index (χ2n) is 10.7. The molecule has 0 aliphatic carbocycles. The molecule has 3 aromatic rings. The van der Waals surface area contributed by atoms with E-state index >= 15 is 0 Å². The molecule has 0 saturated heterocycles. The van der Waals surface area contributed by atoms with Gasteiger partial charge in [-0.3, -0.25) is 4.79 Å². The largest absolute Gasteiger partial charge is 0.494 e. The van der Waals surface area contributed by atoms with Crippen molar-refractivity contribution in [1.82, 2.24) is 9.97 Å². The summed E-state index contributed by atoms with van der Waals surface area (Å²) < 4.78 is 17.0. The Hall–Kier alpha value is -3.41. The summed E-state index contributed by atoms with van der Waals surface area (Å²) in [6.45, 7) is 7.13. The predicted molar refractivity (Wildman–Crippen MR) is 166 cm³/mol. The van der Waals surface area contributed by atoms with Gasteiger partial charge in [0.25, 0.3) is 0 Å². The van der Waals surface area contributed by atoms with Gasteiger partial charge < -0.3 is 14.2 Å². The number of unbranched alkanes of at least 4 members (excludes halogenated alkanes) is 9. The number of hydrogen-bond acceptors (Lipinski definition) is 6. The summed E-state index contributed by atoms with van der Waals surface area (Å²) in [4.78, 5) is 20.8. The Morgan fingerprint density at radius 3 is 1.78 bits per heavy atom. The van der Waals surface area contributed by atoms with Gasteiger partial charge in [-0.2, -0.15) is 0 Å². The molecule has 0 amide bonds. The number of ether oxygens (including phenoxy) is 3. The van der Waals surface area contributed by atoms with Crippen molar-refractivity contribution >= 4 is 5.97 Å². The van der Waals surface area contributed by atoms with Gasteiger partial charge in [-0.05, 0) is 61.7 Å². The van der Waals surface area contributed by atoms with Crippen LogP contribution in [0.5, 0.6) is 11.5 Å². The normalized spacial score (nSPS) is 11.7. The van der Waals surface area contributed by atoms with Crippen LogP contribution in [-0.2, 0) is 9.53 Å². The minimum Gasteiger partial charge on any atom is -0.494 e. The Morgan fingerprint density at radius 1 is 0.659 bits per heavy atom. The highest BCUT2D eigenvalue weighted by Crippen LogP contribution is 2.24. The number of rotatable bonds is 20. The molecular formula is C35H48N2O4. The molecule has 0 aliphatic rings. The first-order chi connectivity index (χ1) is 20.1. The third-order valence-electron chi connectivity index (χ3n) is 6.99. The molecule has 0 bridgehead atoms. The average Bonchev–Trinajstić information content (AvgIpc) is 2.99. The van der Waals surface area contributed by atoms with Gasteiger partial charge in [0.1, 0.15) is 24.2 Å². The van der Waals surface area contributed by atoms with Crippen LogP contribution in [0.2, 0.25) is 0 Å². The van der Waals surface area contributed by atoms with Gasteiger partial charge in [-0.25, -0.2) is 9.97 Å². The van der Waals surface area contributed by atoms with E-state index in [1.54, 1.807) is 0 Å². The maximum absolute atomic E-state index is 11.6. The van der Waals surface area contributed by atoms with Crippen molar-refractivity contribution < 1.29 is 19.0 Å². The fraction of sp³-hybridized carbons (Fsp3) is 0.514. The SMILES string of the molecule is CCCCCCCCCCCCOc1ccc(-c2ncc(-c3ccc(OCC(C)OC(=O)CCC)cc3)cn2)cc1. The van der Waals surface area contributed by atoms with E-state index in [-0.39, 0.29) is 12.1 Å². The maximum atomic E-state index is 11.6. The van der Waals surface area contributed by atoms with Crippen LogP contribution >= 0.6 is 0 Å². The van der Waals surface area contributed by atoms with Gasteiger partial charge >= 0.3 is 5.97 Å². The van der Waals surface area contributed by atoms with Gasteiger partial charge in [-0.15, -0.1) is 0 Å². The third kappa shape index (κ3) is 12.3. The second kappa shape index (κ2) is 18.8. The number of esters is 1. The van der Waals surface area contributed by atoms with Crippen LogP contribution < -0.4 is 9.47 Å². The lowest BCUT2D eigenvalue weighted by Crippen LogP contribution is -2.21. The Bertz CT molecular complexity index is 1110. The number of carbonyl (C=O) groups excluding carboxylic acids is 1. The Balaban J connectivity index is 1.37. The smallest absolute Gasteiger partial charge is 0.306 e. The molecular weight excluding hydrogens is 512 g/mol. The molecule has 0 aliphatic heterocycles. The maximum Gasteiger partial charge on any atom is 0.306 e. The first-order valence-electron chi connectivity index (χ1n) is 15.6. The van der Waals surface area contributed by atoms with Gasteiger partial charge in [0.15, 0.2) is 5.82 Å². The fourth-order valence-electron chi connectivity index (χ4n) is 4.58. The minimum atomic E-state index is -0.292. The van der Waals surface area contributed by atoms with E-state index in [1.165, 1.54) is 57.8 Å². The lowest BCUT2D eigenvalue weighted by molar-refractivity contribution is -0.149. The first-order valence-corrected chi connectivity index (χ1v) is 15.6. The lowest BCUT2D eigenvalue weighted by atomic mass is 10.1. The van der Waals surface area contributed by atoms with Crippen LogP contribution in [0.4, 0.5) is 0 Å². The molecule has 0 spiro atoms. The van der Waals surface area contributed by atoms with Crippen molar-refractivity contribution in [2.24, 2.45) is 0 Å². The number of aromatic nitrogens is 2. The molecule has 0 fully saturated rings. The number of hydrogen-bond donors (Lipinski definition) is 0. The van der Waals surface area contributed by atoms with Crippen LogP contribution in [0.25, 0.3) is 22.5 Å². The Labute approximate surface area is 246 Å². The molecule has 3 rings (SSSR count). The van der Waals surface area contributed by atoms with E-state index < -0.39 is 0 Å². The van der Waals surface area contributed by atoms with Crippen LogP contribution in [0, 0.1) is 0 Å². The highest BCUT2D eigenvalue weighted by Gasteiger charge is 2.10. The molecule has 1 aromatic heterocycles. The average molecular weight is 561 g/mol. The zero-order valence-corrected chi connectivity index (χ0v) is 25.3. The number of carbonyl (C=O) groups is 1. The molecule has 6 heteroatoms. The van der Waals surface area contributed by atoms with Crippen molar-refractivity contribution in [3.8, 4) is 34.0 Å².